The van der Waals surface area contributed by atoms with E-state index in [0.717, 1.165) is 36.4 Å². The number of aryl methyl sites for hydroxylation is 1. The van der Waals surface area contributed by atoms with Crippen LogP contribution in [0.5, 0.6) is 0 Å². The number of oxazole rings is 1. The van der Waals surface area contributed by atoms with Gasteiger partial charge in [0.1, 0.15) is 17.8 Å². The Bertz CT molecular complexity index is 447. The Morgan fingerprint density at radius 3 is 2.69 bits per heavy atom. The molecule has 16 heavy (non-hydrogen) atoms. The van der Waals surface area contributed by atoms with Gasteiger partial charge in [0, 0.05) is 12.0 Å². The number of rotatable bonds is 4. The Morgan fingerprint density at radius 1 is 1.25 bits per heavy atom. The molecule has 2 nitrogen and oxygen atoms in total. The van der Waals surface area contributed by atoms with Gasteiger partial charge in [0.05, 0.1) is 0 Å². The van der Waals surface area contributed by atoms with E-state index in [2.05, 4.69) is 11.9 Å². The van der Waals surface area contributed by atoms with E-state index in [9.17, 15) is 4.39 Å². The molecule has 0 amide bonds. The molecular weight excluding hydrogens is 205 g/mol. The summed E-state index contributed by atoms with van der Waals surface area (Å²) in [5.41, 5.74) is 1.65. The smallest absolute Gasteiger partial charge is 0.194 e. The standard InChI is InChI=1S/C13H14FNO/c1-2-3-4-13-15-12(9-16-13)10-5-7-11(14)8-6-10/h5-9H,2-4H2,1H3. The summed E-state index contributed by atoms with van der Waals surface area (Å²) in [6.07, 6.45) is 4.67. The van der Waals surface area contributed by atoms with E-state index in [4.69, 9.17) is 4.42 Å². The third-order valence-electron chi connectivity index (χ3n) is 2.44. The highest BCUT2D eigenvalue weighted by atomic mass is 19.1. The summed E-state index contributed by atoms with van der Waals surface area (Å²) in [5.74, 6) is 0.514. The van der Waals surface area contributed by atoms with Crippen LogP contribution >= 0.6 is 0 Å². The first kappa shape index (κ1) is 10.9. The lowest BCUT2D eigenvalue weighted by molar-refractivity contribution is 0.486. The topological polar surface area (TPSA) is 26.0 Å². The summed E-state index contributed by atoms with van der Waals surface area (Å²) in [6.45, 7) is 2.13. The van der Waals surface area contributed by atoms with Gasteiger partial charge in [-0.3, -0.25) is 0 Å². The molecule has 0 fully saturated rings. The van der Waals surface area contributed by atoms with E-state index >= 15 is 0 Å². The predicted molar refractivity (Wildman–Crippen MR) is 60.5 cm³/mol. The lowest BCUT2D eigenvalue weighted by Crippen LogP contribution is -1.85. The fourth-order valence-corrected chi connectivity index (χ4v) is 1.51. The Morgan fingerprint density at radius 2 is 2.00 bits per heavy atom. The largest absolute Gasteiger partial charge is 0.448 e. The Labute approximate surface area is 94.1 Å². The summed E-state index contributed by atoms with van der Waals surface area (Å²) >= 11 is 0. The zero-order chi connectivity index (χ0) is 11.4. The second-order valence-corrected chi connectivity index (χ2v) is 3.74. The molecule has 0 spiro atoms. The molecule has 0 unspecified atom stereocenters. The van der Waals surface area contributed by atoms with Crippen LogP contribution in [0.2, 0.25) is 0 Å². The molecule has 0 N–H and O–H groups in total. The van der Waals surface area contributed by atoms with Crippen LogP contribution in [-0.4, -0.2) is 4.98 Å². The first-order valence-electron chi connectivity index (χ1n) is 5.50. The Kier molecular flexibility index (Phi) is 3.34. The van der Waals surface area contributed by atoms with Crippen molar-refractivity contribution in [2.24, 2.45) is 0 Å². The van der Waals surface area contributed by atoms with Crippen molar-refractivity contribution < 1.29 is 8.81 Å². The maximum Gasteiger partial charge on any atom is 0.194 e. The number of benzene rings is 1. The van der Waals surface area contributed by atoms with Crippen molar-refractivity contribution in [1.29, 1.82) is 0 Å². The van der Waals surface area contributed by atoms with Crippen molar-refractivity contribution in [3.05, 3.63) is 42.2 Å². The van der Waals surface area contributed by atoms with Crippen molar-refractivity contribution in [2.75, 3.05) is 0 Å². The monoisotopic (exact) mass is 219 g/mol. The summed E-state index contributed by atoms with van der Waals surface area (Å²) in [7, 11) is 0. The molecular formula is C13H14FNO. The number of halogens is 1. The van der Waals surface area contributed by atoms with Gasteiger partial charge in [-0.2, -0.15) is 0 Å². The molecule has 1 aromatic carbocycles. The molecule has 3 heteroatoms. The van der Waals surface area contributed by atoms with Gasteiger partial charge in [0.15, 0.2) is 5.89 Å². The van der Waals surface area contributed by atoms with Gasteiger partial charge in [0.2, 0.25) is 0 Å². The van der Waals surface area contributed by atoms with E-state index in [1.165, 1.54) is 12.1 Å². The van der Waals surface area contributed by atoms with E-state index in [1.54, 1.807) is 18.4 Å². The van der Waals surface area contributed by atoms with Gasteiger partial charge in [-0.1, -0.05) is 13.3 Å². The van der Waals surface area contributed by atoms with Gasteiger partial charge in [-0.25, -0.2) is 9.37 Å². The second kappa shape index (κ2) is 4.92. The highest BCUT2D eigenvalue weighted by Gasteiger charge is 2.05. The third-order valence-corrected chi connectivity index (χ3v) is 2.44. The molecule has 0 radical (unpaired) electrons. The fraction of sp³-hybridized carbons (Fsp3) is 0.308. The molecule has 0 saturated carbocycles. The van der Waals surface area contributed by atoms with E-state index in [1.807, 2.05) is 0 Å². The van der Waals surface area contributed by atoms with Crippen LogP contribution in [0.4, 0.5) is 4.39 Å². The minimum absolute atomic E-state index is 0.238. The van der Waals surface area contributed by atoms with Gasteiger partial charge in [0.25, 0.3) is 0 Å². The molecule has 1 heterocycles. The quantitative estimate of drug-likeness (QED) is 0.781. The summed E-state index contributed by atoms with van der Waals surface area (Å²) in [6, 6.07) is 6.26. The van der Waals surface area contributed by atoms with Crippen molar-refractivity contribution in [3.63, 3.8) is 0 Å². The first-order valence-corrected chi connectivity index (χ1v) is 5.50. The Balaban J connectivity index is 2.15. The lowest BCUT2D eigenvalue weighted by atomic mass is 10.2. The maximum absolute atomic E-state index is 12.7. The molecule has 0 aliphatic rings. The van der Waals surface area contributed by atoms with E-state index in [-0.39, 0.29) is 5.82 Å². The van der Waals surface area contributed by atoms with Crippen molar-refractivity contribution in [3.8, 4) is 11.3 Å². The minimum atomic E-state index is -0.238. The number of hydrogen-bond acceptors (Lipinski definition) is 2. The molecule has 1 aromatic heterocycles. The SMILES string of the molecule is CCCCc1nc(-c2ccc(F)cc2)co1. The van der Waals surface area contributed by atoms with Crippen LogP contribution in [0.1, 0.15) is 25.7 Å². The van der Waals surface area contributed by atoms with Crippen molar-refractivity contribution in [2.45, 2.75) is 26.2 Å². The van der Waals surface area contributed by atoms with Crippen molar-refractivity contribution in [1.82, 2.24) is 4.98 Å². The number of aromatic nitrogens is 1. The molecule has 2 rings (SSSR count). The Hall–Kier alpha value is -1.64. The van der Waals surface area contributed by atoms with Gasteiger partial charge in [-0.05, 0) is 30.7 Å². The average Bonchev–Trinajstić information content (AvgIpc) is 2.76. The van der Waals surface area contributed by atoms with Crippen LogP contribution < -0.4 is 0 Å². The van der Waals surface area contributed by atoms with Crippen LogP contribution in [-0.2, 0) is 6.42 Å². The highest BCUT2D eigenvalue weighted by molar-refractivity contribution is 5.57. The molecule has 84 valence electrons. The van der Waals surface area contributed by atoms with Gasteiger partial charge < -0.3 is 4.42 Å². The number of hydrogen-bond donors (Lipinski definition) is 0. The fourth-order valence-electron chi connectivity index (χ4n) is 1.51. The normalized spacial score (nSPS) is 10.6. The van der Waals surface area contributed by atoms with Crippen LogP contribution in [0, 0.1) is 5.82 Å². The second-order valence-electron chi connectivity index (χ2n) is 3.74. The average molecular weight is 219 g/mol. The maximum atomic E-state index is 12.7. The summed E-state index contributed by atoms with van der Waals surface area (Å²) in [4.78, 5) is 4.36. The van der Waals surface area contributed by atoms with Gasteiger partial charge >= 0.3 is 0 Å². The third kappa shape index (κ3) is 2.48. The van der Waals surface area contributed by atoms with Crippen LogP contribution in [0.25, 0.3) is 11.3 Å². The molecule has 0 aliphatic heterocycles. The number of nitrogens with zero attached hydrogens (tertiary/aromatic N) is 1. The highest BCUT2D eigenvalue weighted by Crippen LogP contribution is 2.19. The number of unbranched alkanes of at least 4 members (excludes halogenated alkanes) is 1. The zero-order valence-electron chi connectivity index (χ0n) is 9.24. The van der Waals surface area contributed by atoms with E-state index < -0.39 is 0 Å². The molecule has 2 aromatic rings. The molecule has 0 bridgehead atoms. The predicted octanol–water partition coefficient (Wildman–Crippen LogP) is 3.82. The summed E-state index contributed by atoms with van der Waals surface area (Å²) in [5, 5.41) is 0. The van der Waals surface area contributed by atoms with Crippen LogP contribution in [0.3, 0.4) is 0 Å². The molecule has 0 atom stereocenters. The lowest BCUT2D eigenvalue weighted by Gasteiger charge is -1.94. The first-order chi connectivity index (χ1) is 7.79. The molecule has 0 saturated heterocycles. The minimum Gasteiger partial charge on any atom is -0.448 e. The van der Waals surface area contributed by atoms with Crippen LogP contribution in [0.15, 0.2) is 34.9 Å². The summed E-state index contributed by atoms with van der Waals surface area (Å²) < 4.78 is 18.1. The zero-order valence-corrected chi connectivity index (χ0v) is 9.24. The van der Waals surface area contributed by atoms with Crippen molar-refractivity contribution >= 4 is 0 Å². The van der Waals surface area contributed by atoms with E-state index in [0.29, 0.717) is 0 Å². The molecule has 0 aliphatic carbocycles. The van der Waals surface area contributed by atoms with Gasteiger partial charge in [-0.15, -0.1) is 0 Å².